The maximum Gasteiger partial charge on any atom is 0.177 e. The summed E-state index contributed by atoms with van der Waals surface area (Å²) in [4.78, 5) is 11.3. The number of carbonyl (C=O) groups is 1. The molecular formula is C9H8BBrO2. The number of Topliss-reactive ketones (excluding diaryl/α,β-unsaturated/α-hetero) is 1. The predicted octanol–water partition coefficient (Wildman–Crippen LogP) is 1.07. The van der Waals surface area contributed by atoms with E-state index in [1.807, 2.05) is 0 Å². The van der Waals surface area contributed by atoms with Gasteiger partial charge >= 0.3 is 0 Å². The van der Waals surface area contributed by atoms with Crippen molar-refractivity contribution in [3.63, 3.8) is 0 Å². The molecule has 0 N–H and O–H groups in total. The van der Waals surface area contributed by atoms with E-state index in [0.29, 0.717) is 16.8 Å². The highest BCUT2D eigenvalue weighted by molar-refractivity contribution is 9.09. The quantitative estimate of drug-likeness (QED) is 0.448. The summed E-state index contributed by atoms with van der Waals surface area (Å²) in [5.74, 6) is 0.501. The Morgan fingerprint density at radius 3 is 2.85 bits per heavy atom. The van der Waals surface area contributed by atoms with Crippen molar-refractivity contribution in [1.82, 2.24) is 0 Å². The fourth-order valence-corrected chi connectivity index (χ4v) is 1.31. The third kappa shape index (κ3) is 2.34. The van der Waals surface area contributed by atoms with Gasteiger partial charge in [0.1, 0.15) is 13.6 Å². The molecule has 2 nitrogen and oxygen atoms in total. The second-order valence-electron chi connectivity index (χ2n) is 2.52. The van der Waals surface area contributed by atoms with Gasteiger partial charge in [-0.15, -0.1) is 0 Å². The number of ketones is 1. The van der Waals surface area contributed by atoms with Gasteiger partial charge in [0.25, 0.3) is 0 Å². The molecule has 0 aliphatic carbocycles. The molecule has 1 aromatic rings. The van der Waals surface area contributed by atoms with Crippen molar-refractivity contribution in [3.05, 3.63) is 23.8 Å². The Morgan fingerprint density at radius 1 is 1.62 bits per heavy atom. The first kappa shape index (κ1) is 10.3. The van der Waals surface area contributed by atoms with Crippen molar-refractivity contribution >= 4 is 35.0 Å². The molecule has 0 saturated heterocycles. The zero-order valence-corrected chi connectivity index (χ0v) is 8.80. The van der Waals surface area contributed by atoms with Gasteiger partial charge in [0, 0.05) is 0 Å². The van der Waals surface area contributed by atoms with Gasteiger partial charge in [-0.25, -0.2) is 0 Å². The molecule has 0 atom stereocenters. The van der Waals surface area contributed by atoms with Gasteiger partial charge < -0.3 is 4.74 Å². The Morgan fingerprint density at radius 2 is 2.31 bits per heavy atom. The van der Waals surface area contributed by atoms with Crippen molar-refractivity contribution < 1.29 is 9.53 Å². The molecule has 0 aliphatic rings. The van der Waals surface area contributed by atoms with E-state index >= 15 is 0 Å². The van der Waals surface area contributed by atoms with E-state index < -0.39 is 0 Å². The summed E-state index contributed by atoms with van der Waals surface area (Å²) in [6, 6.07) is 4.98. The number of methoxy groups -OCH3 is 1. The summed E-state index contributed by atoms with van der Waals surface area (Å²) in [5.41, 5.74) is 1.14. The molecule has 4 heteroatoms. The van der Waals surface area contributed by atoms with Gasteiger partial charge in [-0.3, -0.25) is 4.79 Å². The third-order valence-corrected chi connectivity index (χ3v) is 2.16. The number of benzene rings is 1. The van der Waals surface area contributed by atoms with Crippen LogP contribution in [-0.4, -0.2) is 26.1 Å². The minimum atomic E-state index is -0.0168. The highest BCUT2D eigenvalue weighted by Gasteiger charge is 2.09. The highest BCUT2D eigenvalue weighted by Crippen LogP contribution is 2.17. The Bertz CT molecular complexity index is 325. The molecule has 0 saturated carbocycles. The van der Waals surface area contributed by atoms with Crippen LogP contribution in [0.1, 0.15) is 10.4 Å². The van der Waals surface area contributed by atoms with Crippen LogP contribution in [0.5, 0.6) is 5.75 Å². The Balaban J connectivity index is 3.13. The summed E-state index contributed by atoms with van der Waals surface area (Å²) in [5, 5.41) is 0.285. The number of hydrogen-bond acceptors (Lipinski definition) is 2. The molecule has 0 fully saturated rings. The summed E-state index contributed by atoms with van der Waals surface area (Å²) in [6.45, 7) is 0. The molecule has 0 aromatic heterocycles. The molecule has 1 rings (SSSR count). The van der Waals surface area contributed by atoms with Crippen LogP contribution in [0.25, 0.3) is 0 Å². The largest absolute Gasteiger partial charge is 0.496 e. The molecular weight excluding hydrogens is 231 g/mol. The maximum atomic E-state index is 11.3. The van der Waals surface area contributed by atoms with Crippen LogP contribution in [0.15, 0.2) is 18.2 Å². The molecule has 1 aromatic carbocycles. The van der Waals surface area contributed by atoms with E-state index in [2.05, 4.69) is 15.9 Å². The van der Waals surface area contributed by atoms with Crippen LogP contribution in [0, 0.1) is 0 Å². The van der Waals surface area contributed by atoms with E-state index in [0.717, 1.165) is 0 Å². The van der Waals surface area contributed by atoms with Crippen LogP contribution in [0.2, 0.25) is 0 Å². The van der Waals surface area contributed by atoms with Gasteiger partial charge in [-0.1, -0.05) is 27.5 Å². The van der Waals surface area contributed by atoms with Crippen molar-refractivity contribution in [2.24, 2.45) is 0 Å². The fourth-order valence-electron chi connectivity index (χ4n) is 1.01. The maximum absolute atomic E-state index is 11.3. The molecule has 0 bridgehead atoms. The number of halogens is 1. The van der Waals surface area contributed by atoms with Gasteiger partial charge in [-0.05, 0) is 12.1 Å². The second kappa shape index (κ2) is 4.47. The number of rotatable bonds is 3. The molecule has 0 aliphatic heterocycles. The van der Waals surface area contributed by atoms with Crippen molar-refractivity contribution in [2.75, 3.05) is 12.4 Å². The van der Waals surface area contributed by atoms with Crippen molar-refractivity contribution in [1.29, 1.82) is 0 Å². The average Bonchev–Trinajstić information content (AvgIpc) is 2.16. The lowest BCUT2D eigenvalue weighted by molar-refractivity contribution is 0.102. The topological polar surface area (TPSA) is 26.3 Å². The number of hydrogen-bond donors (Lipinski definition) is 0. The number of ether oxygens (including phenoxy) is 1. The van der Waals surface area contributed by atoms with Crippen LogP contribution in [0.4, 0.5) is 0 Å². The molecule has 13 heavy (non-hydrogen) atoms. The van der Waals surface area contributed by atoms with Crippen LogP contribution < -0.4 is 10.2 Å². The van der Waals surface area contributed by atoms with E-state index in [9.17, 15) is 4.79 Å². The van der Waals surface area contributed by atoms with E-state index in [4.69, 9.17) is 12.6 Å². The van der Waals surface area contributed by atoms with Crippen molar-refractivity contribution in [2.45, 2.75) is 0 Å². The summed E-state index contributed by atoms with van der Waals surface area (Å²) < 4.78 is 5.03. The molecule has 0 unspecified atom stereocenters. The van der Waals surface area contributed by atoms with Crippen LogP contribution in [-0.2, 0) is 0 Å². The minimum absolute atomic E-state index is 0.0168. The summed E-state index contributed by atoms with van der Waals surface area (Å²) in [6.07, 6.45) is 0. The lowest BCUT2D eigenvalue weighted by atomic mass is 9.94. The summed E-state index contributed by atoms with van der Waals surface area (Å²) >= 11 is 3.10. The SMILES string of the molecule is [B]c1ccc(C(=O)CBr)c(OC)c1. The Hall–Kier alpha value is -0.765. The first-order valence-corrected chi connectivity index (χ1v) is 4.84. The Labute approximate surface area is 86.8 Å². The lowest BCUT2D eigenvalue weighted by Crippen LogP contribution is -2.08. The second-order valence-corrected chi connectivity index (χ2v) is 3.08. The molecule has 66 valence electrons. The van der Waals surface area contributed by atoms with Gasteiger partial charge in [0.05, 0.1) is 18.0 Å². The highest BCUT2D eigenvalue weighted by atomic mass is 79.9. The standard InChI is InChI=1S/C9H8BBrO2/c1-13-9-4-6(10)2-3-7(9)8(12)5-11/h2-4H,5H2,1H3. The van der Waals surface area contributed by atoms with E-state index in [1.165, 1.54) is 7.11 Å². The van der Waals surface area contributed by atoms with Gasteiger partial charge in [0.15, 0.2) is 5.78 Å². The third-order valence-electron chi connectivity index (χ3n) is 1.65. The number of alkyl halides is 1. The van der Waals surface area contributed by atoms with Gasteiger partial charge in [0.2, 0.25) is 0 Å². The van der Waals surface area contributed by atoms with Gasteiger partial charge in [-0.2, -0.15) is 0 Å². The average molecular weight is 239 g/mol. The van der Waals surface area contributed by atoms with E-state index in [-0.39, 0.29) is 11.1 Å². The Kier molecular flexibility index (Phi) is 3.54. The molecule has 0 heterocycles. The van der Waals surface area contributed by atoms with E-state index in [1.54, 1.807) is 18.2 Å². The first-order valence-electron chi connectivity index (χ1n) is 3.71. The summed E-state index contributed by atoms with van der Waals surface area (Å²) in [7, 11) is 7.06. The fraction of sp³-hybridized carbons (Fsp3) is 0.222. The lowest BCUT2D eigenvalue weighted by Gasteiger charge is -2.06. The van der Waals surface area contributed by atoms with Crippen LogP contribution >= 0.6 is 15.9 Å². The first-order chi connectivity index (χ1) is 6.19. The molecule has 2 radical (unpaired) electrons. The number of carbonyl (C=O) groups excluding carboxylic acids is 1. The zero-order valence-electron chi connectivity index (χ0n) is 7.21. The monoisotopic (exact) mass is 238 g/mol. The zero-order chi connectivity index (χ0) is 9.84. The van der Waals surface area contributed by atoms with Crippen molar-refractivity contribution in [3.8, 4) is 5.75 Å². The molecule has 0 spiro atoms. The normalized spacial score (nSPS) is 9.69. The predicted molar refractivity (Wildman–Crippen MR) is 56.5 cm³/mol. The minimum Gasteiger partial charge on any atom is -0.496 e. The molecule has 0 amide bonds. The van der Waals surface area contributed by atoms with Crippen LogP contribution in [0.3, 0.4) is 0 Å². The smallest absolute Gasteiger partial charge is 0.177 e.